The summed E-state index contributed by atoms with van der Waals surface area (Å²) >= 11 is 0. The van der Waals surface area contributed by atoms with Crippen molar-refractivity contribution in [2.24, 2.45) is 5.73 Å². The van der Waals surface area contributed by atoms with Crippen LogP contribution in [0.3, 0.4) is 0 Å². The number of aryl methyl sites for hydroxylation is 2. The van der Waals surface area contributed by atoms with E-state index < -0.39 is 0 Å². The number of methoxy groups -OCH3 is 2. The van der Waals surface area contributed by atoms with Crippen molar-refractivity contribution in [3.63, 3.8) is 0 Å². The van der Waals surface area contributed by atoms with Crippen LogP contribution in [0.2, 0.25) is 0 Å². The third-order valence-corrected chi connectivity index (χ3v) is 4.52. The Kier molecular flexibility index (Phi) is 4.39. The van der Waals surface area contributed by atoms with Gasteiger partial charge in [0.25, 0.3) is 0 Å². The lowest BCUT2D eigenvalue weighted by atomic mass is 9.93. The molecule has 0 atom stereocenters. The van der Waals surface area contributed by atoms with Crippen LogP contribution in [0.15, 0.2) is 36.4 Å². The Morgan fingerprint density at radius 2 is 1.52 bits per heavy atom. The van der Waals surface area contributed by atoms with Gasteiger partial charge in [0, 0.05) is 21.5 Å². The van der Waals surface area contributed by atoms with E-state index in [0.717, 1.165) is 45.9 Å². The number of hydrogen-bond donors (Lipinski definition) is 1. The molecule has 0 bridgehead atoms. The number of benzene rings is 3. The zero-order valence-electron chi connectivity index (χ0n) is 14.0. The van der Waals surface area contributed by atoms with Gasteiger partial charge in [0.05, 0.1) is 14.2 Å². The van der Waals surface area contributed by atoms with Gasteiger partial charge in [-0.15, -0.1) is 0 Å². The first-order chi connectivity index (χ1) is 11.2. The molecular weight excluding hydrogens is 286 g/mol. The molecule has 3 aromatic rings. The first kappa shape index (κ1) is 15.6. The Hall–Kier alpha value is -2.26. The van der Waals surface area contributed by atoms with Gasteiger partial charge in [0.15, 0.2) is 0 Å². The molecule has 0 radical (unpaired) electrons. The van der Waals surface area contributed by atoms with E-state index in [0.29, 0.717) is 6.54 Å². The third-order valence-electron chi connectivity index (χ3n) is 4.52. The lowest BCUT2D eigenvalue weighted by Gasteiger charge is -2.18. The summed E-state index contributed by atoms with van der Waals surface area (Å²) in [5.41, 5.74) is 8.24. The molecule has 2 N–H and O–H groups in total. The maximum atomic E-state index is 5.80. The van der Waals surface area contributed by atoms with Crippen LogP contribution in [-0.4, -0.2) is 20.8 Å². The van der Waals surface area contributed by atoms with Crippen molar-refractivity contribution in [1.82, 2.24) is 0 Å². The average molecular weight is 309 g/mol. The lowest BCUT2D eigenvalue weighted by molar-refractivity contribution is 0.417. The predicted molar refractivity (Wildman–Crippen MR) is 96.7 cm³/mol. The highest BCUT2D eigenvalue weighted by atomic mass is 16.5. The fraction of sp³-hybridized carbons (Fsp3) is 0.300. The van der Waals surface area contributed by atoms with Crippen molar-refractivity contribution in [2.75, 3.05) is 20.8 Å². The van der Waals surface area contributed by atoms with Gasteiger partial charge in [-0.25, -0.2) is 0 Å². The predicted octanol–water partition coefficient (Wildman–Crippen LogP) is 4.21. The summed E-state index contributed by atoms with van der Waals surface area (Å²) < 4.78 is 11.5. The van der Waals surface area contributed by atoms with Gasteiger partial charge in [-0.2, -0.15) is 0 Å². The maximum Gasteiger partial charge on any atom is 0.135 e. The molecule has 0 unspecified atom stereocenters. The van der Waals surface area contributed by atoms with Crippen LogP contribution in [0.1, 0.15) is 17.5 Å². The molecule has 0 aliphatic heterocycles. The minimum atomic E-state index is 0.704. The molecule has 120 valence electrons. The normalized spacial score (nSPS) is 11.1. The Bertz CT molecular complexity index is 855. The molecule has 0 amide bonds. The van der Waals surface area contributed by atoms with Crippen LogP contribution in [0.4, 0.5) is 0 Å². The summed E-state index contributed by atoms with van der Waals surface area (Å²) in [7, 11) is 3.46. The van der Waals surface area contributed by atoms with E-state index >= 15 is 0 Å². The van der Waals surface area contributed by atoms with E-state index in [2.05, 4.69) is 31.2 Å². The SMILES string of the molecule is COc1c2ccccc2c(OC)c2c(C)c(CCCN)ccc12. The van der Waals surface area contributed by atoms with Crippen LogP contribution >= 0.6 is 0 Å². The molecule has 23 heavy (non-hydrogen) atoms. The fourth-order valence-electron chi connectivity index (χ4n) is 3.39. The van der Waals surface area contributed by atoms with Gasteiger partial charge in [-0.1, -0.05) is 36.4 Å². The molecule has 0 spiro atoms. The van der Waals surface area contributed by atoms with Gasteiger partial charge < -0.3 is 15.2 Å². The molecule has 3 rings (SSSR count). The van der Waals surface area contributed by atoms with Crippen molar-refractivity contribution < 1.29 is 9.47 Å². The van der Waals surface area contributed by atoms with Crippen molar-refractivity contribution in [1.29, 1.82) is 0 Å². The molecule has 3 heteroatoms. The van der Waals surface area contributed by atoms with Crippen molar-refractivity contribution in [3.05, 3.63) is 47.5 Å². The quantitative estimate of drug-likeness (QED) is 0.718. The van der Waals surface area contributed by atoms with Gasteiger partial charge in [-0.3, -0.25) is 0 Å². The van der Waals surface area contributed by atoms with E-state index in [1.807, 2.05) is 12.1 Å². The first-order valence-corrected chi connectivity index (χ1v) is 7.97. The highest BCUT2D eigenvalue weighted by molar-refractivity contribution is 6.12. The summed E-state index contributed by atoms with van der Waals surface area (Å²) in [6.45, 7) is 2.86. The van der Waals surface area contributed by atoms with Crippen LogP contribution in [0.25, 0.3) is 21.5 Å². The second-order valence-electron chi connectivity index (χ2n) is 5.78. The average Bonchev–Trinajstić information content (AvgIpc) is 2.59. The number of hydrogen-bond acceptors (Lipinski definition) is 3. The number of ether oxygens (including phenoxy) is 2. The van der Waals surface area contributed by atoms with Gasteiger partial charge in [-0.05, 0) is 37.4 Å². The minimum Gasteiger partial charge on any atom is -0.495 e. The van der Waals surface area contributed by atoms with Crippen LogP contribution in [0, 0.1) is 6.92 Å². The van der Waals surface area contributed by atoms with E-state index in [1.54, 1.807) is 14.2 Å². The van der Waals surface area contributed by atoms with Gasteiger partial charge >= 0.3 is 0 Å². The molecular formula is C20H23NO2. The topological polar surface area (TPSA) is 44.5 Å². The molecule has 0 aliphatic carbocycles. The summed E-state index contributed by atoms with van der Waals surface area (Å²) in [6, 6.07) is 12.5. The van der Waals surface area contributed by atoms with Crippen molar-refractivity contribution in [3.8, 4) is 11.5 Å². The minimum absolute atomic E-state index is 0.704. The standard InChI is InChI=1S/C20H23NO2/c1-13-14(7-6-12-21)10-11-17-18(13)20(23-3)16-9-5-4-8-15(16)19(17)22-2/h4-5,8-11H,6-7,12,21H2,1-3H3. The van der Waals surface area contributed by atoms with Crippen molar-refractivity contribution in [2.45, 2.75) is 19.8 Å². The summed E-state index contributed by atoms with van der Waals surface area (Å²) in [5.74, 6) is 1.83. The van der Waals surface area contributed by atoms with Crippen LogP contribution in [0.5, 0.6) is 11.5 Å². The monoisotopic (exact) mass is 309 g/mol. The maximum absolute atomic E-state index is 5.80. The highest BCUT2D eigenvalue weighted by Crippen LogP contribution is 2.44. The smallest absolute Gasteiger partial charge is 0.135 e. The number of rotatable bonds is 5. The van der Waals surface area contributed by atoms with Crippen LogP contribution in [-0.2, 0) is 6.42 Å². The highest BCUT2D eigenvalue weighted by Gasteiger charge is 2.17. The molecule has 0 saturated carbocycles. The lowest BCUT2D eigenvalue weighted by Crippen LogP contribution is -2.02. The van der Waals surface area contributed by atoms with E-state index in [4.69, 9.17) is 15.2 Å². The molecule has 3 aromatic carbocycles. The Labute approximate surface area is 137 Å². The second-order valence-corrected chi connectivity index (χ2v) is 5.78. The molecule has 0 saturated heterocycles. The molecule has 0 heterocycles. The number of nitrogens with two attached hydrogens (primary N) is 1. The van der Waals surface area contributed by atoms with Gasteiger partial charge in [0.1, 0.15) is 11.5 Å². The van der Waals surface area contributed by atoms with E-state index in [9.17, 15) is 0 Å². The largest absolute Gasteiger partial charge is 0.495 e. The van der Waals surface area contributed by atoms with Gasteiger partial charge in [0.2, 0.25) is 0 Å². The summed E-state index contributed by atoms with van der Waals surface area (Å²) in [5, 5.41) is 4.39. The third kappa shape index (κ3) is 2.51. The van der Waals surface area contributed by atoms with E-state index in [-0.39, 0.29) is 0 Å². The zero-order valence-corrected chi connectivity index (χ0v) is 14.0. The molecule has 0 aliphatic rings. The Morgan fingerprint density at radius 3 is 2.13 bits per heavy atom. The second kappa shape index (κ2) is 6.47. The van der Waals surface area contributed by atoms with Crippen LogP contribution < -0.4 is 15.2 Å². The van der Waals surface area contributed by atoms with Crippen molar-refractivity contribution >= 4 is 21.5 Å². The summed E-state index contributed by atoms with van der Waals surface area (Å²) in [4.78, 5) is 0. The fourth-order valence-corrected chi connectivity index (χ4v) is 3.39. The molecule has 0 aromatic heterocycles. The van der Waals surface area contributed by atoms with E-state index in [1.165, 1.54) is 11.1 Å². The molecule has 3 nitrogen and oxygen atoms in total. The summed E-state index contributed by atoms with van der Waals surface area (Å²) in [6.07, 6.45) is 1.97. The Morgan fingerprint density at radius 1 is 0.870 bits per heavy atom. The molecule has 0 fully saturated rings. The first-order valence-electron chi connectivity index (χ1n) is 7.97. The zero-order chi connectivity index (χ0) is 16.4. The Balaban J connectivity index is 2.43. The number of fused-ring (bicyclic) bond motifs is 2.